The van der Waals surface area contributed by atoms with E-state index in [2.05, 4.69) is 0 Å². The Balaban J connectivity index is 2.70. The minimum Gasteiger partial charge on any atom is -0.490 e. The van der Waals surface area contributed by atoms with Gasteiger partial charge in [-0.15, -0.1) is 0 Å². The lowest BCUT2D eigenvalue weighted by atomic mass is 10.2. The molecule has 0 fully saturated rings. The number of likely N-dealkylation sites (N-methyl/N-ethyl adjacent to an activating group) is 1. The Labute approximate surface area is 95.0 Å². The highest BCUT2D eigenvalue weighted by atomic mass is 16.5. The van der Waals surface area contributed by atoms with E-state index in [9.17, 15) is 4.79 Å². The second-order valence-electron chi connectivity index (χ2n) is 3.77. The van der Waals surface area contributed by atoms with Gasteiger partial charge in [0.2, 0.25) is 5.91 Å². The van der Waals surface area contributed by atoms with Gasteiger partial charge in [-0.2, -0.15) is 0 Å². The fourth-order valence-corrected chi connectivity index (χ4v) is 1.15. The van der Waals surface area contributed by atoms with Crippen molar-refractivity contribution in [2.24, 2.45) is 5.73 Å². The largest absolute Gasteiger partial charge is 0.490 e. The molecule has 0 atom stereocenters. The Bertz CT molecular complexity index is 377. The molecule has 0 saturated carbocycles. The highest BCUT2D eigenvalue weighted by Crippen LogP contribution is 2.22. The predicted octanol–water partition coefficient (Wildman–Crippen LogP) is 0.308. The predicted molar refractivity (Wildman–Crippen MR) is 63.4 cm³/mol. The molecule has 0 aliphatic carbocycles. The Hall–Kier alpha value is -1.75. The molecule has 0 aliphatic heterocycles. The van der Waals surface area contributed by atoms with Gasteiger partial charge in [-0.25, -0.2) is 0 Å². The summed E-state index contributed by atoms with van der Waals surface area (Å²) < 4.78 is 5.46. The van der Waals surface area contributed by atoms with Gasteiger partial charge in [-0.3, -0.25) is 4.79 Å². The van der Waals surface area contributed by atoms with E-state index in [4.69, 9.17) is 16.2 Å². The molecule has 1 aromatic rings. The minimum absolute atomic E-state index is 0.397. The number of anilines is 1. The summed E-state index contributed by atoms with van der Waals surface area (Å²) in [5.74, 6) is 0.00982. The van der Waals surface area contributed by atoms with Crippen LogP contribution in [0.2, 0.25) is 0 Å². The Morgan fingerprint density at radius 3 is 2.69 bits per heavy atom. The SMILES string of the molecule is CN(C)CCOc1cc(C(N)=O)ccc1N. The molecule has 0 bridgehead atoms. The van der Waals surface area contributed by atoms with Gasteiger partial charge in [0, 0.05) is 12.1 Å². The zero-order chi connectivity index (χ0) is 12.1. The fraction of sp³-hybridized carbons (Fsp3) is 0.364. The number of hydrogen-bond acceptors (Lipinski definition) is 4. The molecule has 1 amide bonds. The van der Waals surface area contributed by atoms with Gasteiger partial charge in [0.05, 0.1) is 5.69 Å². The molecule has 0 saturated heterocycles. The molecule has 0 spiro atoms. The molecule has 4 N–H and O–H groups in total. The summed E-state index contributed by atoms with van der Waals surface area (Å²) in [6, 6.07) is 4.76. The number of carbonyl (C=O) groups is 1. The molecular formula is C11H17N3O2. The van der Waals surface area contributed by atoms with Crippen molar-refractivity contribution in [3.8, 4) is 5.75 Å². The Kier molecular flexibility index (Phi) is 4.13. The average Bonchev–Trinajstić information content (AvgIpc) is 2.20. The maximum absolute atomic E-state index is 11.0. The van der Waals surface area contributed by atoms with Gasteiger partial charge in [0.1, 0.15) is 12.4 Å². The second kappa shape index (κ2) is 5.37. The quantitative estimate of drug-likeness (QED) is 0.704. The van der Waals surface area contributed by atoms with Crippen LogP contribution in [0.15, 0.2) is 18.2 Å². The van der Waals surface area contributed by atoms with E-state index in [0.717, 1.165) is 6.54 Å². The van der Waals surface area contributed by atoms with Crippen LogP contribution in [0.4, 0.5) is 5.69 Å². The highest BCUT2D eigenvalue weighted by molar-refractivity contribution is 5.93. The Morgan fingerprint density at radius 1 is 1.44 bits per heavy atom. The number of hydrogen-bond donors (Lipinski definition) is 2. The molecule has 0 aromatic heterocycles. The molecule has 0 aliphatic rings. The van der Waals surface area contributed by atoms with E-state index in [1.54, 1.807) is 18.2 Å². The Morgan fingerprint density at radius 2 is 2.12 bits per heavy atom. The first-order valence-corrected chi connectivity index (χ1v) is 4.97. The van der Waals surface area contributed by atoms with Crippen molar-refractivity contribution in [2.45, 2.75) is 0 Å². The molecule has 0 unspecified atom stereocenters. The molecular weight excluding hydrogens is 206 g/mol. The number of nitrogens with zero attached hydrogens (tertiary/aromatic N) is 1. The smallest absolute Gasteiger partial charge is 0.248 e. The van der Waals surface area contributed by atoms with Crippen molar-refractivity contribution in [2.75, 3.05) is 33.0 Å². The summed E-state index contributed by atoms with van der Waals surface area (Å²) in [7, 11) is 3.90. The normalized spacial score (nSPS) is 10.4. The minimum atomic E-state index is -0.488. The van der Waals surface area contributed by atoms with Gasteiger partial charge in [-0.1, -0.05) is 0 Å². The molecule has 88 valence electrons. The zero-order valence-electron chi connectivity index (χ0n) is 9.56. The number of ether oxygens (including phenoxy) is 1. The number of carbonyl (C=O) groups excluding carboxylic acids is 1. The van der Waals surface area contributed by atoms with Crippen molar-refractivity contribution in [3.05, 3.63) is 23.8 Å². The summed E-state index contributed by atoms with van der Waals surface area (Å²) in [5.41, 5.74) is 11.8. The maximum Gasteiger partial charge on any atom is 0.248 e. The standard InChI is InChI=1S/C11H17N3O2/c1-14(2)5-6-16-10-7-8(11(13)15)3-4-9(10)12/h3-4,7H,5-6,12H2,1-2H3,(H2,13,15). The highest BCUT2D eigenvalue weighted by Gasteiger charge is 2.06. The molecule has 16 heavy (non-hydrogen) atoms. The monoisotopic (exact) mass is 223 g/mol. The third-order valence-electron chi connectivity index (χ3n) is 2.09. The summed E-state index contributed by atoms with van der Waals surface area (Å²) in [6.07, 6.45) is 0. The number of nitrogens with two attached hydrogens (primary N) is 2. The van der Waals surface area contributed by atoms with Gasteiger partial charge in [-0.05, 0) is 32.3 Å². The number of benzene rings is 1. The number of nitrogen functional groups attached to an aromatic ring is 1. The molecule has 5 nitrogen and oxygen atoms in total. The lowest BCUT2D eigenvalue weighted by molar-refractivity contribution is 0.1000. The van der Waals surface area contributed by atoms with E-state index in [1.807, 2.05) is 19.0 Å². The maximum atomic E-state index is 11.0. The number of rotatable bonds is 5. The van der Waals surface area contributed by atoms with Crippen molar-refractivity contribution < 1.29 is 9.53 Å². The van der Waals surface area contributed by atoms with E-state index in [-0.39, 0.29) is 0 Å². The first-order chi connectivity index (χ1) is 7.50. The van der Waals surface area contributed by atoms with Crippen LogP contribution < -0.4 is 16.2 Å². The van der Waals surface area contributed by atoms with Crippen molar-refractivity contribution in [3.63, 3.8) is 0 Å². The van der Waals surface area contributed by atoms with Crippen molar-refractivity contribution in [1.29, 1.82) is 0 Å². The molecule has 0 heterocycles. The van der Waals surface area contributed by atoms with E-state index < -0.39 is 5.91 Å². The molecule has 1 aromatic carbocycles. The van der Waals surface area contributed by atoms with E-state index in [0.29, 0.717) is 23.6 Å². The van der Waals surface area contributed by atoms with Gasteiger partial charge in [0.15, 0.2) is 0 Å². The van der Waals surface area contributed by atoms with Gasteiger partial charge < -0.3 is 21.1 Å². The van der Waals surface area contributed by atoms with Gasteiger partial charge >= 0.3 is 0 Å². The summed E-state index contributed by atoms with van der Waals surface area (Å²) in [6.45, 7) is 1.29. The van der Waals surface area contributed by atoms with Crippen LogP contribution in [0.3, 0.4) is 0 Å². The van der Waals surface area contributed by atoms with Crippen molar-refractivity contribution in [1.82, 2.24) is 4.90 Å². The van der Waals surface area contributed by atoms with E-state index in [1.165, 1.54) is 0 Å². The molecule has 0 radical (unpaired) electrons. The second-order valence-corrected chi connectivity index (χ2v) is 3.77. The lowest BCUT2D eigenvalue weighted by Crippen LogP contribution is -2.20. The fourth-order valence-electron chi connectivity index (χ4n) is 1.15. The third kappa shape index (κ3) is 3.43. The van der Waals surface area contributed by atoms with E-state index >= 15 is 0 Å². The van der Waals surface area contributed by atoms with Crippen LogP contribution >= 0.6 is 0 Å². The van der Waals surface area contributed by atoms with Crippen LogP contribution in [-0.2, 0) is 0 Å². The summed E-state index contributed by atoms with van der Waals surface area (Å²) in [4.78, 5) is 13.0. The molecule has 5 heteroatoms. The van der Waals surface area contributed by atoms with Crippen LogP contribution in [-0.4, -0.2) is 38.1 Å². The first kappa shape index (κ1) is 12.3. The van der Waals surface area contributed by atoms with Crippen LogP contribution in [0.25, 0.3) is 0 Å². The third-order valence-corrected chi connectivity index (χ3v) is 2.09. The van der Waals surface area contributed by atoms with Crippen LogP contribution in [0.5, 0.6) is 5.75 Å². The average molecular weight is 223 g/mol. The molecule has 1 rings (SSSR count). The summed E-state index contributed by atoms with van der Waals surface area (Å²) >= 11 is 0. The summed E-state index contributed by atoms with van der Waals surface area (Å²) in [5, 5.41) is 0. The van der Waals surface area contributed by atoms with Gasteiger partial charge in [0.25, 0.3) is 0 Å². The number of amides is 1. The van der Waals surface area contributed by atoms with Crippen LogP contribution in [0.1, 0.15) is 10.4 Å². The van der Waals surface area contributed by atoms with Crippen LogP contribution in [0, 0.1) is 0 Å². The van der Waals surface area contributed by atoms with Crippen molar-refractivity contribution >= 4 is 11.6 Å². The first-order valence-electron chi connectivity index (χ1n) is 4.97. The lowest BCUT2D eigenvalue weighted by Gasteiger charge is -2.12. The zero-order valence-corrected chi connectivity index (χ0v) is 9.56. The number of primary amides is 1. The topological polar surface area (TPSA) is 81.6 Å².